The molecule has 1 unspecified atom stereocenters. The predicted molar refractivity (Wildman–Crippen MR) is 50.2 cm³/mol. The van der Waals surface area contributed by atoms with Crippen molar-refractivity contribution < 1.29 is 28.2 Å². The smallest absolute Gasteiger partial charge is 0.356 e. The van der Waals surface area contributed by atoms with Gasteiger partial charge in [0.15, 0.2) is 5.69 Å². The van der Waals surface area contributed by atoms with Gasteiger partial charge in [-0.15, -0.1) is 0 Å². The fourth-order valence-electron chi connectivity index (χ4n) is 1.55. The van der Waals surface area contributed by atoms with Crippen molar-refractivity contribution in [1.82, 2.24) is 9.78 Å². The van der Waals surface area contributed by atoms with Crippen LogP contribution in [0.1, 0.15) is 16.9 Å². The number of carboxylic acids is 1. The van der Waals surface area contributed by atoms with Crippen LogP contribution in [0, 0.1) is 0 Å². The van der Waals surface area contributed by atoms with Crippen LogP contribution >= 0.6 is 0 Å². The summed E-state index contributed by atoms with van der Waals surface area (Å²) < 4.78 is 34.5. The van der Waals surface area contributed by atoms with Crippen molar-refractivity contribution >= 4 is 5.97 Å². The number of nitrogens with zero attached hydrogens (tertiary/aromatic N) is 2. The van der Waals surface area contributed by atoms with Crippen LogP contribution in [0.5, 0.6) is 5.88 Å². The number of halogens is 2. The molecule has 0 fully saturated rings. The van der Waals surface area contributed by atoms with Gasteiger partial charge in [-0.2, -0.15) is 13.9 Å². The molecule has 17 heavy (non-hydrogen) atoms. The van der Waals surface area contributed by atoms with Crippen LogP contribution in [0.25, 0.3) is 0 Å². The van der Waals surface area contributed by atoms with Crippen LogP contribution in [-0.2, 0) is 11.3 Å². The summed E-state index contributed by atoms with van der Waals surface area (Å²) in [4.78, 5) is 10.7. The van der Waals surface area contributed by atoms with Crippen LogP contribution in [0.2, 0.25) is 0 Å². The molecule has 8 heteroatoms. The first-order chi connectivity index (χ1) is 8.06. The molecule has 1 aliphatic rings. The third kappa shape index (κ3) is 2.70. The Balaban J connectivity index is 2.00. The standard InChI is InChI=1S/C9H10F2N2O4/c10-9(11)16-4-5-1-2-13-7(17-5)3-6(12-13)8(14)15/h3,5,9H,1-2,4H2,(H,14,15). The van der Waals surface area contributed by atoms with Gasteiger partial charge in [0.05, 0.1) is 6.61 Å². The molecule has 0 saturated carbocycles. The summed E-state index contributed by atoms with van der Waals surface area (Å²) in [5.74, 6) is -0.896. The maximum absolute atomic E-state index is 11.8. The van der Waals surface area contributed by atoms with E-state index in [1.165, 1.54) is 10.7 Å². The van der Waals surface area contributed by atoms with Crippen molar-refractivity contribution in [2.45, 2.75) is 25.7 Å². The molecule has 0 spiro atoms. The Bertz CT molecular complexity index is 421. The lowest BCUT2D eigenvalue weighted by Crippen LogP contribution is -2.31. The molecule has 1 aliphatic heterocycles. The van der Waals surface area contributed by atoms with Gasteiger partial charge >= 0.3 is 12.6 Å². The van der Waals surface area contributed by atoms with E-state index in [2.05, 4.69) is 9.84 Å². The van der Waals surface area contributed by atoms with Crippen LogP contribution in [0.15, 0.2) is 6.07 Å². The first kappa shape index (κ1) is 11.8. The Morgan fingerprint density at radius 3 is 3.18 bits per heavy atom. The number of hydrogen-bond acceptors (Lipinski definition) is 4. The minimum atomic E-state index is -2.83. The van der Waals surface area contributed by atoms with Crippen LogP contribution in [0.4, 0.5) is 8.78 Å². The molecule has 0 saturated heterocycles. The molecule has 0 bridgehead atoms. The molecule has 6 nitrogen and oxygen atoms in total. The summed E-state index contributed by atoms with van der Waals surface area (Å²) in [5.41, 5.74) is -0.129. The molecule has 0 aromatic carbocycles. The Labute approximate surface area is 94.7 Å². The van der Waals surface area contributed by atoms with Gasteiger partial charge in [0.1, 0.15) is 6.10 Å². The number of rotatable bonds is 4. The highest BCUT2D eigenvalue weighted by molar-refractivity contribution is 5.85. The summed E-state index contributed by atoms with van der Waals surface area (Å²) in [6, 6.07) is 1.26. The van der Waals surface area contributed by atoms with E-state index in [4.69, 9.17) is 9.84 Å². The molecule has 0 radical (unpaired) electrons. The van der Waals surface area contributed by atoms with E-state index in [1.54, 1.807) is 0 Å². The number of aromatic nitrogens is 2. The average molecular weight is 248 g/mol. The van der Waals surface area contributed by atoms with Gasteiger partial charge in [-0.1, -0.05) is 0 Å². The zero-order chi connectivity index (χ0) is 12.4. The van der Waals surface area contributed by atoms with Crippen LogP contribution in [-0.4, -0.2) is 40.2 Å². The monoisotopic (exact) mass is 248 g/mol. The first-order valence-corrected chi connectivity index (χ1v) is 4.94. The number of aromatic carboxylic acids is 1. The zero-order valence-corrected chi connectivity index (χ0v) is 8.68. The fourth-order valence-corrected chi connectivity index (χ4v) is 1.55. The number of hydrogen-bond donors (Lipinski definition) is 1. The summed E-state index contributed by atoms with van der Waals surface area (Å²) in [6.45, 7) is -2.65. The largest absolute Gasteiger partial charge is 0.476 e. The zero-order valence-electron chi connectivity index (χ0n) is 8.68. The SMILES string of the molecule is O=C(O)c1cc2n(n1)CCC(COC(F)F)O2. The van der Waals surface area contributed by atoms with Crippen molar-refractivity contribution in [2.24, 2.45) is 0 Å². The Kier molecular flexibility index (Phi) is 3.23. The lowest BCUT2D eigenvalue weighted by Gasteiger charge is -2.24. The molecule has 1 N–H and O–H groups in total. The average Bonchev–Trinajstić information content (AvgIpc) is 2.69. The highest BCUT2D eigenvalue weighted by atomic mass is 19.3. The van der Waals surface area contributed by atoms with Crippen molar-refractivity contribution in [1.29, 1.82) is 0 Å². The maximum Gasteiger partial charge on any atom is 0.356 e. The molecule has 94 valence electrons. The number of carboxylic acid groups (broad SMARTS) is 1. The van der Waals surface area contributed by atoms with E-state index in [9.17, 15) is 13.6 Å². The fraction of sp³-hybridized carbons (Fsp3) is 0.556. The third-order valence-electron chi connectivity index (χ3n) is 2.32. The van der Waals surface area contributed by atoms with E-state index in [0.717, 1.165) is 0 Å². The molecule has 1 aromatic rings. The van der Waals surface area contributed by atoms with Gasteiger partial charge in [-0.05, 0) is 0 Å². The molecule has 1 aromatic heterocycles. The van der Waals surface area contributed by atoms with Crippen molar-refractivity contribution in [2.75, 3.05) is 6.61 Å². The van der Waals surface area contributed by atoms with Crippen LogP contribution in [0.3, 0.4) is 0 Å². The topological polar surface area (TPSA) is 73.6 Å². The summed E-state index contributed by atoms with van der Waals surface area (Å²) in [6.07, 6.45) is -0.0599. The molecular formula is C9H10F2N2O4. The summed E-state index contributed by atoms with van der Waals surface area (Å²) >= 11 is 0. The minimum Gasteiger partial charge on any atom is -0.476 e. The summed E-state index contributed by atoms with van der Waals surface area (Å²) in [7, 11) is 0. The van der Waals surface area contributed by atoms with E-state index >= 15 is 0 Å². The number of aryl methyl sites for hydroxylation is 1. The van der Waals surface area contributed by atoms with Gasteiger partial charge in [0, 0.05) is 19.0 Å². The molecule has 1 atom stereocenters. The predicted octanol–water partition coefficient (Wildman–Crippen LogP) is 0.972. The summed E-state index contributed by atoms with van der Waals surface area (Å²) in [5, 5.41) is 12.5. The van der Waals surface area contributed by atoms with Crippen LogP contribution < -0.4 is 4.74 Å². The molecule has 0 aliphatic carbocycles. The molecular weight excluding hydrogens is 238 g/mol. The van der Waals surface area contributed by atoms with Gasteiger partial charge in [0.2, 0.25) is 5.88 Å². The van der Waals surface area contributed by atoms with E-state index in [0.29, 0.717) is 13.0 Å². The van der Waals surface area contributed by atoms with Gasteiger partial charge < -0.3 is 14.6 Å². The maximum atomic E-state index is 11.8. The van der Waals surface area contributed by atoms with E-state index in [1.807, 2.05) is 0 Å². The minimum absolute atomic E-state index is 0.129. The third-order valence-corrected chi connectivity index (χ3v) is 2.32. The molecule has 2 heterocycles. The van der Waals surface area contributed by atoms with E-state index in [-0.39, 0.29) is 18.2 Å². The second-order valence-electron chi connectivity index (χ2n) is 3.52. The molecule has 2 rings (SSSR count). The Morgan fingerprint density at radius 1 is 1.76 bits per heavy atom. The number of fused-ring (bicyclic) bond motifs is 1. The quantitative estimate of drug-likeness (QED) is 0.859. The number of alkyl halides is 2. The highest BCUT2D eigenvalue weighted by Crippen LogP contribution is 2.22. The Hall–Kier alpha value is -1.70. The van der Waals surface area contributed by atoms with Gasteiger partial charge in [-0.25, -0.2) is 9.48 Å². The second kappa shape index (κ2) is 4.66. The van der Waals surface area contributed by atoms with Crippen molar-refractivity contribution in [3.05, 3.63) is 11.8 Å². The number of carbonyl (C=O) groups is 1. The first-order valence-electron chi connectivity index (χ1n) is 4.94. The lowest BCUT2D eigenvalue weighted by molar-refractivity contribution is -0.147. The highest BCUT2D eigenvalue weighted by Gasteiger charge is 2.24. The lowest BCUT2D eigenvalue weighted by atomic mass is 10.2. The Morgan fingerprint density at radius 2 is 2.53 bits per heavy atom. The molecule has 0 amide bonds. The normalized spacial score (nSPS) is 18.9. The van der Waals surface area contributed by atoms with Crippen molar-refractivity contribution in [3.63, 3.8) is 0 Å². The number of ether oxygens (including phenoxy) is 2. The van der Waals surface area contributed by atoms with E-state index < -0.39 is 18.7 Å². The second-order valence-corrected chi connectivity index (χ2v) is 3.52. The van der Waals surface area contributed by atoms with Gasteiger partial charge in [-0.3, -0.25) is 0 Å². The van der Waals surface area contributed by atoms with Crippen molar-refractivity contribution in [3.8, 4) is 5.88 Å². The van der Waals surface area contributed by atoms with Gasteiger partial charge in [0.25, 0.3) is 0 Å².